The second-order valence-electron chi connectivity index (χ2n) is 6.52. The predicted octanol–water partition coefficient (Wildman–Crippen LogP) is 4.92. The monoisotopic (exact) mass is 516 g/mol. The maximum atomic E-state index is 13.8. The third-order valence-corrected chi connectivity index (χ3v) is 8.80. The van der Waals surface area contributed by atoms with Gasteiger partial charge in [-0.3, -0.25) is 9.10 Å². The van der Waals surface area contributed by atoms with Crippen molar-refractivity contribution in [2.75, 3.05) is 23.1 Å². The number of thioether (sulfide) groups is 1. The second kappa shape index (κ2) is 11.1. The van der Waals surface area contributed by atoms with Gasteiger partial charge in [-0.1, -0.05) is 23.7 Å². The highest BCUT2D eigenvalue weighted by atomic mass is 35.5. The number of carbonyl (C=O) groups is 1. The number of nitrogens with one attached hydrogen (secondary N) is 1. The van der Waals surface area contributed by atoms with Crippen molar-refractivity contribution in [3.63, 3.8) is 0 Å². The Hall–Kier alpha value is -2.14. The van der Waals surface area contributed by atoms with E-state index in [1.165, 1.54) is 42.1 Å². The van der Waals surface area contributed by atoms with E-state index < -0.39 is 28.3 Å². The minimum absolute atomic E-state index is 0.0759. The van der Waals surface area contributed by atoms with Gasteiger partial charge >= 0.3 is 0 Å². The van der Waals surface area contributed by atoms with Crippen LogP contribution in [0.25, 0.3) is 0 Å². The molecule has 0 radical (unpaired) electrons. The molecule has 0 fully saturated rings. The van der Waals surface area contributed by atoms with Crippen molar-refractivity contribution in [3.05, 3.63) is 82.2 Å². The zero-order chi connectivity index (χ0) is 23.1. The number of amides is 1. The largest absolute Gasteiger partial charge is 0.354 e. The Kier molecular flexibility index (Phi) is 8.52. The quantitative estimate of drug-likeness (QED) is 0.388. The third-order valence-electron chi connectivity index (χ3n) is 4.32. The molecule has 0 saturated carbocycles. The summed E-state index contributed by atoms with van der Waals surface area (Å²) in [6.07, 6.45) is 0. The number of halogens is 3. The third kappa shape index (κ3) is 6.22. The van der Waals surface area contributed by atoms with Crippen LogP contribution in [0.4, 0.5) is 14.5 Å². The van der Waals surface area contributed by atoms with Crippen LogP contribution >= 0.6 is 34.7 Å². The number of hydrogen-bond acceptors (Lipinski definition) is 5. The standard InChI is InChI=1S/C21H19ClF2N2O3S3/c22-18-3-1-4-19(24)17(18)14-30-12-10-25-20(27)13-26(16-8-6-15(23)7-9-16)32(28,29)21-5-2-11-31-21/h1-9,11H,10,12-14H2,(H,25,27). The van der Waals surface area contributed by atoms with Gasteiger partial charge in [-0.25, -0.2) is 17.2 Å². The Morgan fingerprint density at radius 2 is 1.84 bits per heavy atom. The summed E-state index contributed by atoms with van der Waals surface area (Å²) in [5.41, 5.74) is 0.577. The summed E-state index contributed by atoms with van der Waals surface area (Å²) in [5.74, 6) is -0.596. The van der Waals surface area contributed by atoms with Crippen LogP contribution in [0.15, 0.2) is 64.2 Å². The molecule has 0 aliphatic rings. The first-order valence-corrected chi connectivity index (χ1v) is 13.2. The van der Waals surface area contributed by atoms with Crippen molar-refractivity contribution < 1.29 is 22.0 Å². The van der Waals surface area contributed by atoms with Crippen LogP contribution < -0.4 is 9.62 Å². The molecule has 3 aromatic rings. The zero-order valence-corrected chi connectivity index (χ0v) is 19.8. The van der Waals surface area contributed by atoms with Gasteiger partial charge in [0.1, 0.15) is 22.4 Å². The fourth-order valence-electron chi connectivity index (χ4n) is 2.73. The number of carbonyl (C=O) groups excluding carboxylic acids is 1. The van der Waals surface area contributed by atoms with Crippen LogP contribution in [0.1, 0.15) is 5.56 Å². The molecule has 0 aliphatic carbocycles. The molecule has 3 rings (SSSR count). The minimum Gasteiger partial charge on any atom is -0.354 e. The van der Waals surface area contributed by atoms with Gasteiger partial charge in [0.05, 0.1) is 5.69 Å². The average molecular weight is 517 g/mol. The Labute approximate surface area is 198 Å². The first-order valence-electron chi connectivity index (χ1n) is 9.38. The van der Waals surface area contributed by atoms with Crippen molar-refractivity contribution in [1.29, 1.82) is 0 Å². The molecule has 5 nitrogen and oxygen atoms in total. The van der Waals surface area contributed by atoms with Gasteiger partial charge in [0.2, 0.25) is 5.91 Å². The van der Waals surface area contributed by atoms with E-state index in [0.29, 0.717) is 22.1 Å². The lowest BCUT2D eigenvalue weighted by Gasteiger charge is -2.23. The molecule has 170 valence electrons. The fourth-order valence-corrected chi connectivity index (χ4v) is 6.46. The van der Waals surface area contributed by atoms with E-state index in [1.54, 1.807) is 17.5 Å². The summed E-state index contributed by atoms with van der Waals surface area (Å²) in [6.45, 7) is -0.207. The Morgan fingerprint density at radius 3 is 2.50 bits per heavy atom. The van der Waals surface area contributed by atoms with Gasteiger partial charge in [-0.05, 0) is 47.8 Å². The van der Waals surface area contributed by atoms with Gasteiger partial charge < -0.3 is 5.32 Å². The molecule has 32 heavy (non-hydrogen) atoms. The Morgan fingerprint density at radius 1 is 1.09 bits per heavy atom. The highest BCUT2D eigenvalue weighted by Gasteiger charge is 2.28. The van der Waals surface area contributed by atoms with Crippen molar-refractivity contribution in [2.24, 2.45) is 0 Å². The smallest absolute Gasteiger partial charge is 0.274 e. The predicted molar refractivity (Wildman–Crippen MR) is 126 cm³/mol. The Balaban J connectivity index is 1.60. The van der Waals surface area contributed by atoms with Gasteiger partial charge in [0.15, 0.2) is 0 Å². The molecule has 0 aliphatic heterocycles. The highest BCUT2D eigenvalue weighted by molar-refractivity contribution is 7.98. The number of hydrogen-bond donors (Lipinski definition) is 1. The molecule has 0 spiro atoms. The van der Waals surface area contributed by atoms with Crippen LogP contribution in [0, 0.1) is 11.6 Å². The lowest BCUT2D eigenvalue weighted by atomic mass is 10.2. The molecule has 0 bridgehead atoms. The van der Waals surface area contributed by atoms with Crippen molar-refractivity contribution in [2.45, 2.75) is 9.96 Å². The lowest BCUT2D eigenvalue weighted by Crippen LogP contribution is -2.41. The van der Waals surface area contributed by atoms with Crippen molar-refractivity contribution in [3.8, 4) is 0 Å². The highest BCUT2D eigenvalue weighted by Crippen LogP contribution is 2.27. The van der Waals surface area contributed by atoms with Gasteiger partial charge in [-0.15, -0.1) is 11.3 Å². The second-order valence-corrected chi connectivity index (χ2v) is 11.1. The first kappa shape index (κ1) is 24.5. The van der Waals surface area contributed by atoms with Crippen molar-refractivity contribution >= 4 is 56.3 Å². The maximum Gasteiger partial charge on any atom is 0.274 e. The minimum atomic E-state index is -3.99. The van der Waals surface area contributed by atoms with Gasteiger partial charge in [-0.2, -0.15) is 11.8 Å². The van der Waals surface area contributed by atoms with Crippen LogP contribution in [-0.2, 0) is 20.6 Å². The van der Waals surface area contributed by atoms with Gasteiger partial charge in [0, 0.05) is 28.6 Å². The average Bonchev–Trinajstić information content (AvgIpc) is 3.30. The Bertz CT molecular complexity index is 1140. The first-order chi connectivity index (χ1) is 15.3. The number of sulfonamides is 1. The normalized spacial score (nSPS) is 11.3. The molecule has 2 aromatic carbocycles. The molecule has 11 heteroatoms. The molecule has 1 N–H and O–H groups in total. The molecular weight excluding hydrogens is 498 g/mol. The van der Waals surface area contributed by atoms with Gasteiger partial charge in [0.25, 0.3) is 10.0 Å². The summed E-state index contributed by atoms with van der Waals surface area (Å²) >= 11 is 8.41. The molecule has 1 heterocycles. The molecule has 0 atom stereocenters. The summed E-state index contributed by atoms with van der Waals surface area (Å²) in [4.78, 5) is 12.5. The van der Waals surface area contributed by atoms with Crippen LogP contribution in [-0.4, -0.2) is 33.2 Å². The van der Waals surface area contributed by atoms with Crippen LogP contribution in [0.2, 0.25) is 5.02 Å². The summed E-state index contributed by atoms with van der Waals surface area (Å²) in [7, 11) is -3.99. The molecule has 1 amide bonds. The molecule has 0 unspecified atom stereocenters. The van der Waals surface area contributed by atoms with E-state index in [4.69, 9.17) is 11.6 Å². The number of rotatable bonds is 10. The van der Waals surface area contributed by atoms with Crippen LogP contribution in [0.3, 0.4) is 0 Å². The molecular formula is C21H19ClF2N2O3S3. The number of nitrogens with zero attached hydrogens (tertiary/aromatic N) is 1. The lowest BCUT2D eigenvalue weighted by molar-refractivity contribution is -0.119. The van der Waals surface area contributed by atoms with E-state index in [9.17, 15) is 22.0 Å². The topological polar surface area (TPSA) is 66.5 Å². The summed E-state index contributed by atoms with van der Waals surface area (Å²) < 4.78 is 54.2. The SMILES string of the molecule is O=C(CN(c1ccc(F)cc1)S(=O)(=O)c1cccs1)NCCSCc1c(F)cccc1Cl. The molecule has 1 aromatic heterocycles. The van der Waals surface area contributed by atoms with E-state index >= 15 is 0 Å². The van der Waals surface area contributed by atoms with Crippen molar-refractivity contribution in [1.82, 2.24) is 5.32 Å². The van der Waals surface area contributed by atoms with E-state index in [0.717, 1.165) is 27.8 Å². The molecule has 0 saturated heterocycles. The summed E-state index contributed by atoms with van der Waals surface area (Å²) in [5, 5.41) is 4.63. The number of thiophene rings is 1. The van der Waals surface area contributed by atoms with E-state index in [-0.39, 0.29) is 22.3 Å². The van der Waals surface area contributed by atoms with E-state index in [2.05, 4.69) is 5.32 Å². The maximum absolute atomic E-state index is 13.8. The van der Waals surface area contributed by atoms with E-state index in [1.807, 2.05) is 0 Å². The fraction of sp³-hybridized carbons (Fsp3) is 0.190. The van der Waals surface area contributed by atoms with Crippen LogP contribution in [0.5, 0.6) is 0 Å². The number of anilines is 1. The summed E-state index contributed by atoms with van der Waals surface area (Å²) in [6, 6.07) is 12.4. The zero-order valence-electron chi connectivity index (χ0n) is 16.6. The number of benzene rings is 2.